The van der Waals surface area contributed by atoms with Gasteiger partial charge in [0.2, 0.25) is 21.5 Å². The molecule has 9 heteroatoms. The second kappa shape index (κ2) is 6.30. The Bertz CT molecular complexity index is 1350. The number of aryl methyl sites for hydroxylation is 1. The summed E-state index contributed by atoms with van der Waals surface area (Å²) in [6, 6.07) is 13.7. The molecular formula is C19H13FN4O3S. The second-order valence-electron chi connectivity index (χ2n) is 6.15. The van der Waals surface area contributed by atoms with Crippen LogP contribution in [0.25, 0.3) is 28.1 Å². The lowest BCUT2D eigenvalue weighted by Crippen LogP contribution is -2.11. The topological polar surface area (TPSA) is 114 Å². The van der Waals surface area contributed by atoms with Gasteiger partial charge in [-0.3, -0.25) is 0 Å². The van der Waals surface area contributed by atoms with Gasteiger partial charge in [-0.1, -0.05) is 24.3 Å². The predicted molar refractivity (Wildman–Crippen MR) is 99.1 cm³/mol. The van der Waals surface area contributed by atoms with E-state index < -0.39 is 10.0 Å². The number of benzene rings is 2. The third kappa shape index (κ3) is 2.85. The molecule has 2 N–H and O–H groups in total. The highest BCUT2D eigenvalue weighted by atomic mass is 32.2. The zero-order valence-electron chi connectivity index (χ0n) is 14.5. The zero-order valence-corrected chi connectivity index (χ0v) is 15.4. The lowest BCUT2D eigenvalue weighted by Gasteiger charge is -2.04. The van der Waals surface area contributed by atoms with Crippen molar-refractivity contribution in [1.29, 1.82) is 5.26 Å². The van der Waals surface area contributed by atoms with Crippen LogP contribution in [0.1, 0.15) is 11.5 Å². The largest absolute Gasteiger partial charge is 0.425 e. The van der Waals surface area contributed by atoms with Gasteiger partial charge in [-0.15, -0.1) is 0 Å². The molecule has 2 aromatic carbocycles. The molecule has 2 heterocycles. The molecule has 0 amide bonds. The summed E-state index contributed by atoms with van der Waals surface area (Å²) in [5, 5.41) is 18.9. The van der Waals surface area contributed by atoms with Gasteiger partial charge in [-0.2, -0.15) is 14.9 Å². The summed E-state index contributed by atoms with van der Waals surface area (Å²) < 4.78 is 43.5. The Balaban J connectivity index is 1.99. The summed E-state index contributed by atoms with van der Waals surface area (Å²) >= 11 is 0. The normalized spacial score (nSPS) is 11.6. The van der Waals surface area contributed by atoms with E-state index >= 15 is 0 Å². The molecule has 0 aliphatic heterocycles. The number of sulfonamides is 1. The molecule has 0 atom stereocenters. The first-order valence-electron chi connectivity index (χ1n) is 8.11. The number of aromatic nitrogens is 2. The molecule has 0 aliphatic rings. The van der Waals surface area contributed by atoms with Crippen molar-refractivity contribution in [3.05, 3.63) is 65.8 Å². The number of oxazole rings is 1. The average molecular weight is 396 g/mol. The minimum atomic E-state index is -3.82. The van der Waals surface area contributed by atoms with Crippen LogP contribution in [-0.2, 0) is 10.0 Å². The first kappa shape index (κ1) is 17.9. The smallest absolute Gasteiger partial charge is 0.238 e. The van der Waals surface area contributed by atoms with Crippen molar-refractivity contribution in [3.63, 3.8) is 0 Å². The van der Waals surface area contributed by atoms with Crippen LogP contribution in [-0.4, -0.2) is 18.0 Å². The fourth-order valence-corrected chi connectivity index (χ4v) is 3.49. The molecule has 0 fully saturated rings. The number of primary sulfonamides is 1. The number of hydrogen-bond donors (Lipinski definition) is 1. The molecule has 2 aromatic heterocycles. The Morgan fingerprint density at radius 3 is 2.29 bits per heavy atom. The van der Waals surface area contributed by atoms with Gasteiger partial charge in [0.15, 0.2) is 0 Å². The van der Waals surface area contributed by atoms with Crippen LogP contribution in [0.15, 0.2) is 57.8 Å². The maximum atomic E-state index is 13.4. The van der Waals surface area contributed by atoms with E-state index in [1.54, 1.807) is 31.2 Å². The fraction of sp³-hybridized carbons (Fsp3) is 0.0526. The quantitative estimate of drug-likeness (QED) is 0.571. The van der Waals surface area contributed by atoms with Crippen molar-refractivity contribution in [2.24, 2.45) is 5.14 Å². The predicted octanol–water partition coefficient (Wildman–Crippen LogP) is 3.23. The number of hydrogen-bond acceptors (Lipinski definition) is 5. The summed E-state index contributed by atoms with van der Waals surface area (Å²) in [7, 11) is -3.82. The van der Waals surface area contributed by atoms with Crippen molar-refractivity contribution in [1.82, 2.24) is 9.61 Å². The van der Waals surface area contributed by atoms with E-state index in [0.29, 0.717) is 33.8 Å². The summed E-state index contributed by atoms with van der Waals surface area (Å²) in [5.74, 6) is -0.262. The highest BCUT2D eigenvalue weighted by Gasteiger charge is 2.23. The highest BCUT2D eigenvalue weighted by Crippen LogP contribution is 2.37. The lowest BCUT2D eigenvalue weighted by molar-refractivity contribution is 0.591. The van der Waals surface area contributed by atoms with E-state index in [0.717, 1.165) is 0 Å². The van der Waals surface area contributed by atoms with Crippen molar-refractivity contribution >= 4 is 15.7 Å². The second-order valence-corrected chi connectivity index (χ2v) is 7.71. The van der Waals surface area contributed by atoms with Crippen LogP contribution >= 0.6 is 0 Å². The number of nitrogens with two attached hydrogens (primary N) is 1. The van der Waals surface area contributed by atoms with Crippen LogP contribution in [0.5, 0.6) is 0 Å². The number of nitriles is 1. The molecule has 7 nitrogen and oxygen atoms in total. The number of halogens is 1. The molecule has 0 radical (unpaired) electrons. The number of rotatable bonds is 3. The Hall–Kier alpha value is -3.48. The summed E-state index contributed by atoms with van der Waals surface area (Å²) in [5.41, 5.74) is 3.18. The molecule has 0 spiro atoms. The van der Waals surface area contributed by atoms with Crippen LogP contribution in [0.4, 0.5) is 4.39 Å². The standard InChI is InChI=1S/C19H13FN4O3S/c1-11-16(10-21)27-19-17(12-2-6-14(20)7-3-12)18(23-24(11)19)13-4-8-15(9-5-13)28(22,25)26/h2-9H,1H3,(H2,22,25,26). The summed E-state index contributed by atoms with van der Waals surface area (Å²) in [6.07, 6.45) is 0. The number of fused-ring (bicyclic) bond motifs is 1. The van der Waals surface area contributed by atoms with Crippen LogP contribution in [0.3, 0.4) is 0 Å². The van der Waals surface area contributed by atoms with Gasteiger partial charge < -0.3 is 4.42 Å². The van der Waals surface area contributed by atoms with Crippen LogP contribution < -0.4 is 5.14 Å². The van der Waals surface area contributed by atoms with Gasteiger partial charge in [0.25, 0.3) is 0 Å². The van der Waals surface area contributed by atoms with E-state index in [-0.39, 0.29) is 16.5 Å². The molecule has 140 valence electrons. The molecule has 0 bridgehead atoms. The molecule has 0 saturated heterocycles. The Kier molecular flexibility index (Phi) is 4.03. The van der Waals surface area contributed by atoms with Crippen molar-refractivity contribution in [3.8, 4) is 28.5 Å². The molecule has 4 aromatic rings. The third-order valence-corrected chi connectivity index (χ3v) is 5.31. The van der Waals surface area contributed by atoms with Gasteiger partial charge in [-0.25, -0.2) is 17.9 Å². The first-order chi connectivity index (χ1) is 13.3. The third-order valence-electron chi connectivity index (χ3n) is 4.38. The van der Waals surface area contributed by atoms with Crippen molar-refractivity contribution in [2.75, 3.05) is 0 Å². The first-order valence-corrected chi connectivity index (χ1v) is 9.65. The van der Waals surface area contributed by atoms with Crippen LogP contribution in [0, 0.1) is 24.1 Å². The molecule has 0 unspecified atom stereocenters. The fourth-order valence-electron chi connectivity index (χ4n) is 2.98. The van der Waals surface area contributed by atoms with E-state index in [2.05, 4.69) is 5.10 Å². The van der Waals surface area contributed by atoms with Gasteiger partial charge >= 0.3 is 0 Å². The average Bonchev–Trinajstić information content (AvgIpc) is 3.18. The maximum absolute atomic E-state index is 13.4. The Morgan fingerprint density at radius 1 is 1.11 bits per heavy atom. The van der Waals surface area contributed by atoms with E-state index in [4.69, 9.17) is 9.56 Å². The van der Waals surface area contributed by atoms with Crippen molar-refractivity contribution < 1.29 is 17.2 Å². The lowest BCUT2D eigenvalue weighted by atomic mass is 10.0. The minimum absolute atomic E-state index is 0.0228. The molecular weight excluding hydrogens is 383 g/mol. The van der Waals surface area contributed by atoms with E-state index in [1.807, 2.05) is 6.07 Å². The minimum Gasteiger partial charge on any atom is -0.425 e. The molecule has 0 saturated carbocycles. The molecule has 0 aliphatic carbocycles. The monoisotopic (exact) mass is 396 g/mol. The highest BCUT2D eigenvalue weighted by molar-refractivity contribution is 7.89. The van der Waals surface area contributed by atoms with Gasteiger partial charge in [0, 0.05) is 5.56 Å². The molecule has 4 rings (SSSR count). The van der Waals surface area contributed by atoms with Gasteiger partial charge in [0.05, 0.1) is 16.2 Å². The van der Waals surface area contributed by atoms with Gasteiger partial charge in [-0.05, 0) is 36.8 Å². The maximum Gasteiger partial charge on any atom is 0.238 e. The van der Waals surface area contributed by atoms with E-state index in [9.17, 15) is 18.1 Å². The Labute approximate surface area is 159 Å². The van der Waals surface area contributed by atoms with Crippen molar-refractivity contribution in [2.45, 2.75) is 11.8 Å². The van der Waals surface area contributed by atoms with E-state index in [1.165, 1.54) is 28.8 Å². The SMILES string of the molecule is Cc1c(C#N)oc2c(-c3ccc(F)cc3)c(-c3ccc(S(N)(=O)=O)cc3)nn12. The summed E-state index contributed by atoms with van der Waals surface area (Å²) in [6.45, 7) is 1.70. The van der Waals surface area contributed by atoms with Gasteiger partial charge in [0.1, 0.15) is 17.6 Å². The zero-order chi connectivity index (χ0) is 20.1. The van der Waals surface area contributed by atoms with Crippen LogP contribution in [0.2, 0.25) is 0 Å². The number of nitrogens with zero attached hydrogens (tertiary/aromatic N) is 3. The summed E-state index contributed by atoms with van der Waals surface area (Å²) in [4.78, 5) is -0.0228. The molecule has 28 heavy (non-hydrogen) atoms. The Morgan fingerprint density at radius 2 is 1.71 bits per heavy atom.